The summed E-state index contributed by atoms with van der Waals surface area (Å²) in [7, 11) is 0. The lowest BCUT2D eigenvalue weighted by atomic mass is 10.1. The lowest BCUT2D eigenvalue weighted by Crippen LogP contribution is -2.51. The van der Waals surface area contributed by atoms with Gasteiger partial charge in [0.1, 0.15) is 17.4 Å². The smallest absolute Gasteiger partial charge is 0.260 e. The summed E-state index contributed by atoms with van der Waals surface area (Å²) in [5.74, 6) is -0.864. The van der Waals surface area contributed by atoms with Crippen LogP contribution in [0.2, 0.25) is 0 Å². The highest BCUT2D eigenvalue weighted by Crippen LogP contribution is 2.13. The lowest BCUT2D eigenvalue weighted by molar-refractivity contribution is -0.134. The van der Waals surface area contributed by atoms with Gasteiger partial charge in [-0.3, -0.25) is 9.59 Å². The molecule has 26 heavy (non-hydrogen) atoms. The summed E-state index contributed by atoms with van der Waals surface area (Å²) in [5.41, 5.74) is 0.296. The van der Waals surface area contributed by atoms with E-state index in [1.165, 1.54) is 42.5 Å². The third-order valence-electron chi connectivity index (χ3n) is 4.17. The largest absolute Gasteiger partial charge is 0.484 e. The first-order valence-electron chi connectivity index (χ1n) is 8.24. The minimum atomic E-state index is -0.456. The molecule has 2 aromatic rings. The molecule has 0 unspecified atom stereocenters. The van der Waals surface area contributed by atoms with E-state index >= 15 is 0 Å². The Hall–Kier alpha value is -2.96. The third kappa shape index (κ3) is 4.36. The van der Waals surface area contributed by atoms with Gasteiger partial charge in [0.2, 0.25) is 0 Å². The summed E-state index contributed by atoms with van der Waals surface area (Å²) < 4.78 is 31.4. The minimum absolute atomic E-state index is 0.149. The summed E-state index contributed by atoms with van der Waals surface area (Å²) in [6.07, 6.45) is 0. The second-order valence-electron chi connectivity index (χ2n) is 5.93. The molecule has 0 N–H and O–H groups in total. The van der Waals surface area contributed by atoms with E-state index in [1.807, 2.05) is 0 Å². The number of piperazine rings is 1. The number of rotatable bonds is 4. The third-order valence-corrected chi connectivity index (χ3v) is 4.17. The van der Waals surface area contributed by atoms with Gasteiger partial charge in [0.05, 0.1) is 0 Å². The van der Waals surface area contributed by atoms with Crippen molar-refractivity contribution in [3.8, 4) is 5.75 Å². The van der Waals surface area contributed by atoms with Crippen LogP contribution in [0, 0.1) is 11.6 Å². The predicted molar refractivity (Wildman–Crippen MR) is 90.8 cm³/mol. The molecule has 1 aliphatic rings. The number of benzene rings is 2. The second-order valence-corrected chi connectivity index (χ2v) is 5.93. The van der Waals surface area contributed by atoms with Crippen molar-refractivity contribution in [2.75, 3.05) is 32.8 Å². The molecule has 1 saturated heterocycles. The van der Waals surface area contributed by atoms with Gasteiger partial charge in [0.25, 0.3) is 11.8 Å². The number of hydrogen-bond acceptors (Lipinski definition) is 3. The van der Waals surface area contributed by atoms with Crippen molar-refractivity contribution in [2.45, 2.75) is 0 Å². The zero-order chi connectivity index (χ0) is 18.5. The molecule has 2 amide bonds. The second kappa shape index (κ2) is 7.95. The maximum Gasteiger partial charge on any atom is 0.260 e. The van der Waals surface area contributed by atoms with E-state index < -0.39 is 5.82 Å². The summed E-state index contributed by atoms with van der Waals surface area (Å²) in [5, 5.41) is 0. The van der Waals surface area contributed by atoms with Crippen LogP contribution in [0.4, 0.5) is 8.78 Å². The van der Waals surface area contributed by atoms with Crippen LogP contribution in [-0.2, 0) is 4.79 Å². The molecule has 0 bridgehead atoms. The van der Waals surface area contributed by atoms with E-state index in [0.29, 0.717) is 37.5 Å². The Morgan fingerprint density at radius 1 is 0.885 bits per heavy atom. The van der Waals surface area contributed by atoms with Crippen molar-refractivity contribution in [3.05, 3.63) is 65.7 Å². The fourth-order valence-electron chi connectivity index (χ4n) is 2.73. The number of hydrogen-bond donors (Lipinski definition) is 0. The molecule has 1 fully saturated rings. The van der Waals surface area contributed by atoms with Gasteiger partial charge in [0.15, 0.2) is 6.61 Å². The molecule has 5 nitrogen and oxygen atoms in total. The van der Waals surface area contributed by atoms with Crippen LogP contribution in [0.3, 0.4) is 0 Å². The van der Waals surface area contributed by atoms with Crippen LogP contribution in [0.1, 0.15) is 10.4 Å². The van der Waals surface area contributed by atoms with Crippen LogP contribution in [0.5, 0.6) is 5.75 Å². The van der Waals surface area contributed by atoms with Crippen LogP contribution in [0.15, 0.2) is 48.5 Å². The molecule has 7 heteroatoms. The summed E-state index contributed by atoms with van der Waals surface area (Å²) in [6.45, 7) is 1.36. The number of carbonyl (C=O) groups is 2. The molecule has 0 radical (unpaired) electrons. The number of amides is 2. The molecule has 0 saturated carbocycles. The Morgan fingerprint density at radius 3 is 2.19 bits per heavy atom. The summed E-state index contributed by atoms with van der Waals surface area (Å²) in [4.78, 5) is 27.8. The predicted octanol–water partition coefficient (Wildman–Crippen LogP) is 2.33. The Labute approximate surface area is 149 Å². The highest BCUT2D eigenvalue weighted by atomic mass is 19.1. The lowest BCUT2D eigenvalue weighted by Gasteiger charge is -2.34. The molecule has 1 heterocycles. The van der Waals surface area contributed by atoms with Crippen molar-refractivity contribution in [1.29, 1.82) is 0 Å². The first-order chi connectivity index (χ1) is 12.5. The highest BCUT2D eigenvalue weighted by molar-refractivity contribution is 5.94. The first-order valence-corrected chi connectivity index (χ1v) is 8.24. The Morgan fingerprint density at radius 2 is 1.54 bits per heavy atom. The highest BCUT2D eigenvalue weighted by Gasteiger charge is 2.25. The van der Waals surface area contributed by atoms with E-state index in [-0.39, 0.29) is 24.2 Å². The number of ether oxygens (including phenoxy) is 1. The van der Waals surface area contributed by atoms with Gasteiger partial charge in [-0.25, -0.2) is 8.78 Å². The number of carbonyl (C=O) groups excluding carboxylic acids is 2. The standard InChI is InChI=1S/C19H18F2N2O3/c20-15-4-6-17(7-5-15)26-13-18(24)22-8-10-23(11-9-22)19(25)14-2-1-3-16(21)12-14/h1-7,12H,8-11,13H2. The molecular formula is C19H18F2N2O3. The molecule has 3 rings (SSSR count). The maximum absolute atomic E-state index is 13.3. The van der Waals surface area contributed by atoms with Gasteiger partial charge < -0.3 is 14.5 Å². The van der Waals surface area contributed by atoms with Crippen molar-refractivity contribution >= 4 is 11.8 Å². The Bertz CT molecular complexity index is 788. The van der Waals surface area contributed by atoms with Gasteiger partial charge in [-0.1, -0.05) is 6.07 Å². The van der Waals surface area contributed by atoms with Crippen molar-refractivity contribution in [2.24, 2.45) is 0 Å². The van der Waals surface area contributed by atoms with Crippen molar-refractivity contribution in [1.82, 2.24) is 9.80 Å². The van der Waals surface area contributed by atoms with Crippen molar-refractivity contribution < 1.29 is 23.1 Å². The number of nitrogens with zero attached hydrogens (tertiary/aromatic N) is 2. The Kier molecular flexibility index (Phi) is 5.46. The van der Waals surface area contributed by atoms with Crippen LogP contribution in [0.25, 0.3) is 0 Å². The monoisotopic (exact) mass is 360 g/mol. The maximum atomic E-state index is 13.3. The van der Waals surface area contributed by atoms with Gasteiger partial charge in [-0.05, 0) is 42.5 Å². The molecule has 0 aliphatic carbocycles. The Balaban J connectivity index is 1.49. The molecule has 136 valence electrons. The van der Waals surface area contributed by atoms with Gasteiger partial charge in [-0.15, -0.1) is 0 Å². The van der Waals surface area contributed by atoms with E-state index in [0.717, 1.165) is 0 Å². The quantitative estimate of drug-likeness (QED) is 0.841. The fourth-order valence-corrected chi connectivity index (χ4v) is 2.73. The van der Waals surface area contributed by atoms with Gasteiger partial charge in [0, 0.05) is 31.7 Å². The summed E-state index contributed by atoms with van der Waals surface area (Å²) >= 11 is 0. The topological polar surface area (TPSA) is 49.9 Å². The molecule has 0 atom stereocenters. The van der Waals surface area contributed by atoms with Crippen LogP contribution in [-0.4, -0.2) is 54.4 Å². The number of halogens is 2. The van der Waals surface area contributed by atoms with E-state index in [2.05, 4.69) is 0 Å². The van der Waals surface area contributed by atoms with Crippen LogP contribution >= 0.6 is 0 Å². The van der Waals surface area contributed by atoms with Crippen molar-refractivity contribution in [3.63, 3.8) is 0 Å². The minimum Gasteiger partial charge on any atom is -0.484 e. The normalized spacial score (nSPS) is 14.2. The van der Waals surface area contributed by atoms with Gasteiger partial charge in [-0.2, -0.15) is 0 Å². The first kappa shape index (κ1) is 17.8. The molecule has 1 aliphatic heterocycles. The average molecular weight is 360 g/mol. The molecular weight excluding hydrogens is 342 g/mol. The zero-order valence-electron chi connectivity index (χ0n) is 14.0. The molecule has 2 aromatic carbocycles. The summed E-state index contributed by atoms with van der Waals surface area (Å²) in [6, 6.07) is 11.0. The SMILES string of the molecule is O=C(COc1ccc(F)cc1)N1CCN(C(=O)c2cccc(F)c2)CC1. The van der Waals surface area contributed by atoms with Crippen LogP contribution < -0.4 is 4.74 Å². The molecule has 0 spiro atoms. The van der Waals surface area contributed by atoms with Gasteiger partial charge >= 0.3 is 0 Å². The average Bonchev–Trinajstić information content (AvgIpc) is 2.67. The fraction of sp³-hybridized carbons (Fsp3) is 0.263. The van der Waals surface area contributed by atoms with E-state index in [9.17, 15) is 18.4 Å². The zero-order valence-corrected chi connectivity index (χ0v) is 14.0. The molecule has 0 aromatic heterocycles. The van der Waals surface area contributed by atoms with E-state index in [1.54, 1.807) is 15.9 Å². The van der Waals surface area contributed by atoms with E-state index in [4.69, 9.17) is 4.74 Å².